The summed E-state index contributed by atoms with van der Waals surface area (Å²) in [5.41, 5.74) is 0.548. The van der Waals surface area contributed by atoms with Gasteiger partial charge in [0.15, 0.2) is 0 Å². The lowest BCUT2D eigenvalue weighted by molar-refractivity contribution is 0.221. The Morgan fingerprint density at radius 2 is 1.46 bits per heavy atom. The second kappa shape index (κ2) is 6.45. The van der Waals surface area contributed by atoms with Crippen LogP contribution in [0.4, 0.5) is 0 Å². The van der Waals surface area contributed by atoms with Gasteiger partial charge < -0.3 is 0 Å². The molecule has 0 atom stereocenters. The Kier molecular flexibility index (Phi) is 6.45. The van der Waals surface area contributed by atoms with E-state index in [0.717, 1.165) is 5.92 Å². The lowest BCUT2D eigenvalue weighted by Crippen LogP contribution is -2.18. The van der Waals surface area contributed by atoms with Gasteiger partial charge in [0, 0.05) is 0 Å². The van der Waals surface area contributed by atoms with E-state index in [0.29, 0.717) is 5.41 Å². The molecule has 0 bridgehead atoms. The molecule has 0 saturated carbocycles. The maximum atomic E-state index is 2.40. The average molecular weight is 184 g/mol. The van der Waals surface area contributed by atoms with Gasteiger partial charge in [-0.2, -0.15) is 0 Å². The predicted octanol–water partition coefficient (Wildman–Crippen LogP) is 5.03. The van der Waals surface area contributed by atoms with Crippen molar-refractivity contribution in [3.8, 4) is 0 Å². The summed E-state index contributed by atoms with van der Waals surface area (Å²) in [5.74, 6) is 0.818. The molecule has 0 heteroatoms. The standard InChI is InChI=1S/C13H28/c1-6-7-8-9-10-11-13(4,5)12(2)3/h12H,6-11H2,1-5H3. The monoisotopic (exact) mass is 184 g/mol. The SMILES string of the molecule is CCCCCCCC(C)(C)C(C)C. The summed E-state index contributed by atoms with van der Waals surface area (Å²) in [6.45, 7) is 11.8. The summed E-state index contributed by atoms with van der Waals surface area (Å²) in [6, 6.07) is 0. The zero-order chi connectivity index (χ0) is 10.3. The van der Waals surface area contributed by atoms with E-state index in [4.69, 9.17) is 0 Å². The Balaban J connectivity index is 3.41. The number of rotatable bonds is 7. The largest absolute Gasteiger partial charge is 0.0654 e. The average Bonchev–Trinajstić information content (AvgIpc) is 2.03. The Bertz CT molecular complexity index is 111. The molecular weight excluding hydrogens is 156 g/mol. The molecule has 0 heterocycles. The van der Waals surface area contributed by atoms with Gasteiger partial charge in [0.25, 0.3) is 0 Å². The van der Waals surface area contributed by atoms with Gasteiger partial charge in [0.1, 0.15) is 0 Å². The van der Waals surface area contributed by atoms with Crippen LogP contribution in [-0.2, 0) is 0 Å². The first-order valence-corrected chi connectivity index (χ1v) is 6.00. The molecule has 0 radical (unpaired) electrons. The normalized spacial score (nSPS) is 12.5. The minimum atomic E-state index is 0.548. The van der Waals surface area contributed by atoms with Gasteiger partial charge in [0.2, 0.25) is 0 Å². The van der Waals surface area contributed by atoms with Crippen LogP contribution in [0.25, 0.3) is 0 Å². The second-order valence-electron chi connectivity index (χ2n) is 5.31. The molecule has 0 fully saturated rings. The summed E-state index contributed by atoms with van der Waals surface area (Å²) < 4.78 is 0. The zero-order valence-corrected chi connectivity index (χ0v) is 10.3. The van der Waals surface area contributed by atoms with Crippen molar-refractivity contribution in [2.24, 2.45) is 11.3 Å². The summed E-state index contributed by atoms with van der Waals surface area (Å²) in [7, 11) is 0. The van der Waals surface area contributed by atoms with Crippen LogP contribution in [0.3, 0.4) is 0 Å². The van der Waals surface area contributed by atoms with Crippen molar-refractivity contribution in [1.29, 1.82) is 0 Å². The van der Waals surface area contributed by atoms with Crippen molar-refractivity contribution in [2.45, 2.75) is 73.1 Å². The fourth-order valence-corrected chi connectivity index (χ4v) is 1.47. The second-order valence-corrected chi connectivity index (χ2v) is 5.31. The topological polar surface area (TPSA) is 0 Å². The third kappa shape index (κ3) is 6.12. The highest BCUT2D eigenvalue weighted by molar-refractivity contribution is 4.71. The molecular formula is C13H28. The van der Waals surface area contributed by atoms with Crippen LogP contribution in [0, 0.1) is 11.3 Å². The zero-order valence-electron chi connectivity index (χ0n) is 10.3. The van der Waals surface area contributed by atoms with E-state index in [1.54, 1.807) is 0 Å². The Morgan fingerprint density at radius 1 is 0.923 bits per heavy atom. The molecule has 0 aromatic carbocycles. The molecule has 0 spiro atoms. The minimum absolute atomic E-state index is 0.548. The Morgan fingerprint density at radius 3 is 1.92 bits per heavy atom. The highest BCUT2D eigenvalue weighted by Crippen LogP contribution is 2.32. The lowest BCUT2D eigenvalue weighted by Gasteiger charge is -2.29. The van der Waals surface area contributed by atoms with Gasteiger partial charge in [-0.3, -0.25) is 0 Å². The number of hydrogen-bond acceptors (Lipinski definition) is 0. The van der Waals surface area contributed by atoms with Gasteiger partial charge in [-0.15, -0.1) is 0 Å². The van der Waals surface area contributed by atoms with Crippen molar-refractivity contribution in [3.63, 3.8) is 0 Å². The number of hydrogen-bond donors (Lipinski definition) is 0. The van der Waals surface area contributed by atoms with Crippen molar-refractivity contribution in [2.75, 3.05) is 0 Å². The van der Waals surface area contributed by atoms with E-state index in [-0.39, 0.29) is 0 Å². The summed E-state index contributed by atoms with van der Waals surface area (Å²) in [5, 5.41) is 0. The first-order chi connectivity index (χ1) is 6.00. The molecule has 0 aromatic heterocycles. The highest BCUT2D eigenvalue weighted by atomic mass is 14.3. The number of unbranched alkanes of at least 4 members (excludes halogenated alkanes) is 4. The van der Waals surface area contributed by atoms with Gasteiger partial charge in [-0.25, -0.2) is 0 Å². The smallest absolute Gasteiger partial charge is 0.0331 e. The molecule has 0 saturated heterocycles. The van der Waals surface area contributed by atoms with E-state index >= 15 is 0 Å². The van der Waals surface area contributed by atoms with Gasteiger partial charge in [-0.1, -0.05) is 66.7 Å². The highest BCUT2D eigenvalue weighted by Gasteiger charge is 2.20. The van der Waals surface area contributed by atoms with E-state index in [1.807, 2.05) is 0 Å². The molecule has 0 amide bonds. The first-order valence-electron chi connectivity index (χ1n) is 6.00. The van der Waals surface area contributed by atoms with Crippen LogP contribution in [0.15, 0.2) is 0 Å². The quantitative estimate of drug-likeness (QED) is 0.487. The van der Waals surface area contributed by atoms with Crippen LogP contribution in [0.5, 0.6) is 0 Å². The van der Waals surface area contributed by atoms with Gasteiger partial charge in [0.05, 0.1) is 0 Å². The molecule has 0 aliphatic carbocycles. The molecule has 0 aliphatic heterocycles. The predicted molar refractivity (Wildman–Crippen MR) is 62.0 cm³/mol. The van der Waals surface area contributed by atoms with E-state index in [2.05, 4.69) is 34.6 Å². The Labute approximate surface area is 85.1 Å². The fourth-order valence-electron chi connectivity index (χ4n) is 1.47. The molecule has 0 nitrogen and oxygen atoms in total. The third-order valence-electron chi connectivity index (χ3n) is 3.49. The van der Waals surface area contributed by atoms with Gasteiger partial charge in [-0.05, 0) is 17.8 Å². The van der Waals surface area contributed by atoms with Crippen LogP contribution in [0.1, 0.15) is 73.1 Å². The van der Waals surface area contributed by atoms with Crippen LogP contribution < -0.4 is 0 Å². The van der Waals surface area contributed by atoms with Crippen LogP contribution >= 0.6 is 0 Å². The van der Waals surface area contributed by atoms with E-state index in [1.165, 1.54) is 38.5 Å². The molecule has 0 rings (SSSR count). The minimum Gasteiger partial charge on any atom is -0.0654 e. The van der Waals surface area contributed by atoms with Crippen molar-refractivity contribution in [3.05, 3.63) is 0 Å². The molecule has 0 aromatic rings. The van der Waals surface area contributed by atoms with Crippen LogP contribution in [-0.4, -0.2) is 0 Å². The maximum Gasteiger partial charge on any atom is -0.0331 e. The first kappa shape index (κ1) is 13.0. The van der Waals surface area contributed by atoms with Crippen molar-refractivity contribution >= 4 is 0 Å². The Hall–Kier alpha value is 0. The van der Waals surface area contributed by atoms with Crippen molar-refractivity contribution < 1.29 is 0 Å². The summed E-state index contributed by atoms with van der Waals surface area (Å²) in [4.78, 5) is 0. The molecule has 0 unspecified atom stereocenters. The van der Waals surface area contributed by atoms with Crippen LogP contribution in [0.2, 0.25) is 0 Å². The van der Waals surface area contributed by atoms with Crippen molar-refractivity contribution in [1.82, 2.24) is 0 Å². The maximum absolute atomic E-state index is 2.40. The summed E-state index contributed by atoms with van der Waals surface area (Å²) in [6.07, 6.45) is 8.46. The molecule has 13 heavy (non-hydrogen) atoms. The third-order valence-corrected chi connectivity index (χ3v) is 3.49. The molecule has 0 aliphatic rings. The fraction of sp³-hybridized carbons (Fsp3) is 1.00. The summed E-state index contributed by atoms with van der Waals surface area (Å²) >= 11 is 0. The molecule has 80 valence electrons. The van der Waals surface area contributed by atoms with Gasteiger partial charge >= 0.3 is 0 Å². The molecule has 0 N–H and O–H groups in total. The van der Waals surface area contributed by atoms with E-state index in [9.17, 15) is 0 Å². The van der Waals surface area contributed by atoms with E-state index < -0.39 is 0 Å². The lowest BCUT2D eigenvalue weighted by atomic mass is 9.77.